The van der Waals surface area contributed by atoms with E-state index in [4.69, 9.17) is 21.1 Å². The Bertz CT molecular complexity index is 644. The second kappa shape index (κ2) is 8.29. The summed E-state index contributed by atoms with van der Waals surface area (Å²) in [6.07, 6.45) is 2.72. The first-order chi connectivity index (χ1) is 10.7. The zero-order valence-corrected chi connectivity index (χ0v) is 13.4. The number of anilines is 1. The molecule has 5 heteroatoms. The van der Waals surface area contributed by atoms with Gasteiger partial charge in [0, 0.05) is 0 Å². The standard InChI is InChI=1S/C17H19ClN2O2/c1-3-9-22-15-6-4-5-13(10-15)12-19-20-14-7-8-17(21-2)16(18)11-14/h4-8,10-12,20H,3,9H2,1-2H3/b19-12+. The first-order valence-electron chi connectivity index (χ1n) is 7.08. The Morgan fingerprint density at radius 1 is 1.23 bits per heavy atom. The topological polar surface area (TPSA) is 42.8 Å². The van der Waals surface area contributed by atoms with Gasteiger partial charge < -0.3 is 9.47 Å². The van der Waals surface area contributed by atoms with Gasteiger partial charge >= 0.3 is 0 Å². The minimum absolute atomic E-state index is 0.540. The molecular weight excluding hydrogens is 300 g/mol. The molecule has 2 aromatic carbocycles. The lowest BCUT2D eigenvalue weighted by Gasteiger charge is -2.06. The van der Waals surface area contributed by atoms with E-state index in [9.17, 15) is 0 Å². The van der Waals surface area contributed by atoms with Crippen molar-refractivity contribution in [2.24, 2.45) is 5.10 Å². The Kier molecular flexibility index (Phi) is 6.10. The fourth-order valence-corrected chi connectivity index (χ4v) is 2.08. The fraction of sp³-hybridized carbons (Fsp3) is 0.235. The smallest absolute Gasteiger partial charge is 0.137 e. The Morgan fingerprint density at radius 3 is 2.82 bits per heavy atom. The minimum atomic E-state index is 0.540. The van der Waals surface area contributed by atoms with E-state index in [1.54, 1.807) is 25.5 Å². The highest BCUT2D eigenvalue weighted by Crippen LogP contribution is 2.27. The van der Waals surface area contributed by atoms with E-state index >= 15 is 0 Å². The van der Waals surface area contributed by atoms with Crippen LogP contribution in [0.1, 0.15) is 18.9 Å². The molecule has 0 heterocycles. The molecule has 22 heavy (non-hydrogen) atoms. The predicted octanol–water partition coefficient (Wildman–Crippen LogP) is 4.58. The molecule has 0 saturated carbocycles. The molecule has 0 atom stereocenters. The highest BCUT2D eigenvalue weighted by molar-refractivity contribution is 6.32. The molecule has 0 aliphatic rings. The van der Waals surface area contributed by atoms with Crippen LogP contribution in [0.15, 0.2) is 47.6 Å². The number of ether oxygens (including phenoxy) is 2. The molecule has 0 fully saturated rings. The fourth-order valence-electron chi connectivity index (χ4n) is 1.82. The molecule has 0 aromatic heterocycles. The van der Waals surface area contributed by atoms with Crippen molar-refractivity contribution >= 4 is 23.5 Å². The summed E-state index contributed by atoms with van der Waals surface area (Å²) < 4.78 is 10.7. The van der Waals surface area contributed by atoms with E-state index < -0.39 is 0 Å². The van der Waals surface area contributed by atoms with Crippen LogP contribution < -0.4 is 14.9 Å². The molecule has 0 amide bonds. The molecule has 0 saturated heterocycles. The highest BCUT2D eigenvalue weighted by Gasteiger charge is 2.00. The Morgan fingerprint density at radius 2 is 2.09 bits per heavy atom. The Labute approximate surface area is 135 Å². The van der Waals surface area contributed by atoms with E-state index in [-0.39, 0.29) is 0 Å². The number of nitrogens with one attached hydrogen (secondary N) is 1. The summed E-state index contributed by atoms with van der Waals surface area (Å²) >= 11 is 6.06. The van der Waals surface area contributed by atoms with Gasteiger partial charge in [0.25, 0.3) is 0 Å². The van der Waals surface area contributed by atoms with E-state index in [2.05, 4.69) is 17.5 Å². The van der Waals surface area contributed by atoms with Crippen molar-refractivity contribution in [2.75, 3.05) is 19.1 Å². The lowest BCUT2D eigenvalue weighted by molar-refractivity contribution is 0.317. The number of hydrogen-bond acceptors (Lipinski definition) is 4. The van der Waals surface area contributed by atoms with Gasteiger partial charge in [-0.3, -0.25) is 5.43 Å². The third kappa shape index (κ3) is 4.67. The average Bonchev–Trinajstić information content (AvgIpc) is 2.53. The number of nitrogens with zero attached hydrogens (tertiary/aromatic N) is 1. The highest BCUT2D eigenvalue weighted by atomic mass is 35.5. The lowest BCUT2D eigenvalue weighted by atomic mass is 10.2. The van der Waals surface area contributed by atoms with Gasteiger partial charge in [0.05, 0.1) is 30.6 Å². The molecule has 0 radical (unpaired) electrons. The molecule has 1 N–H and O–H groups in total. The molecule has 0 aliphatic heterocycles. The summed E-state index contributed by atoms with van der Waals surface area (Å²) in [6, 6.07) is 13.2. The maximum Gasteiger partial charge on any atom is 0.137 e. The second-order valence-electron chi connectivity index (χ2n) is 4.64. The molecule has 0 bridgehead atoms. The van der Waals surface area contributed by atoms with E-state index in [0.29, 0.717) is 17.4 Å². The van der Waals surface area contributed by atoms with E-state index in [0.717, 1.165) is 23.4 Å². The van der Waals surface area contributed by atoms with E-state index in [1.165, 1.54) is 0 Å². The Hall–Kier alpha value is -2.20. The molecule has 4 nitrogen and oxygen atoms in total. The van der Waals surface area contributed by atoms with Gasteiger partial charge in [0.2, 0.25) is 0 Å². The maximum atomic E-state index is 6.06. The summed E-state index contributed by atoms with van der Waals surface area (Å²) in [7, 11) is 1.58. The molecule has 0 unspecified atom stereocenters. The third-order valence-corrected chi connectivity index (χ3v) is 3.19. The number of halogens is 1. The molecule has 0 aliphatic carbocycles. The van der Waals surface area contributed by atoms with Crippen molar-refractivity contribution in [3.05, 3.63) is 53.1 Å². The van der Waals surface area contributed by atoms with Crippen LogP contribution in [-0.2, 0) is 0 Å². The summed E-state index contributed by atoms with van der Waals surface area (Å²) in [6.45, 7) is 2.79. The molecule has 116 valence electrons. The lowest BCUT2D eigenvalue weighted by Crippen LogP contribution is -1.96. The van der Waals surface area contributed by atoms with Crippen LogP contribution in [0.25, 0.3) is 0 Å². The van der Waals surface area contributed by atoms with Crippen molar-refractivity contribution in [3.63, 3.8) is 0 Å². The van der Waals surface area contributed by atoms with Crippen LogP contribution in [0.2, 0.25) is 5.02 Å². The summed E-state index contributed by atoms with van der Waals surface area (Å²) in [5, 5.41) is 4.74. The zero-order chi connectivity index (χ0) is 15.8. The third-order valence-electron chi connectivity index (χ3n) is 2.89. The van der Waals surface area contributed by atoms with Crippen LogP contribution in [0.3, 0.4) is 0 Å². The van der Waals surface area contributed by atoms with Crippen LogP contribution in [0.4, 0.5) is 5.69 Å². The van der Waals surface area contributed by atoms with Gasteiger partial charge in [0.1, 0.15) is 11.5 Å². The number of benzene rings is 2. The zero-order valence-electron chi connectivity index (χ0n) is 12.7. The minimum Gasteiger partial charge on any atom is -0.495 e. The van der Waals surface area contributed by atoms with Gasteiger partial charge in [-0.05, 0) is 42.3 Å². The SMILES string of the molecule is CCCOc1cccc(/C=N/Nc2ccc(OC)c(Cl)c2)c1. The van der Waals surface area contributed by atoms with Crippen molar-refractivity contribution in [1.82, 2.24) is 0 Å². The van der Waals surface area contributed by atoms with Gasteiger partial charge in [-0.15, -0.1) is 0 Å². The first kappa shape index (κ1) is 16.2. The number of methoxy groups -OCH3 is 1. The quantitative estimate of drug-likeness (QED) is 0.600. The predicted molar refractivity (Wildman–Crippen MR) is 91.4 cm³/mol. The Balaban J connectivity index is 1.98. The number of hydrazone groups is 1. The number of hydrogen-bond donors (Lipinski definition) is 1. The van der Waals surface area contributed by atoms with Crippen LogP contribution in [0.5, 0.6) is 11.5 Å². The number of rotatable bonds is 7. The van der Waals surface area contributed by atoms with Crippen LogP contribution in [0, 0.1) is 0 Å². The van der Waals surface area contributed by atoms with Crippen molar-refractivity contribution in [1.29, 1.82) is 0 Å². The molecular formula is C17H19ClN2O2. The van der Waals surface area contributed by atoms with Crippen LogP contribution in [-0.4, -0.2) is 19.9 Å². The summed E-state index contributed by atoms with van der Waals surface area (Å²) in [5.74, 6) is 1.48. The van der Waals surface area contributed by atoms with Gasteiger partial charge in [-0.25, -0.2) is 0 Å². The second-order valence-corrected chi connectivity index (χ2v) is 5.05. The maximum absolute atomic E-state index is 6.06. The molecule has 2 aromatic rings. The summed E-state index contributed by atoms with van der Waals surface area (Å²) in [5.41, 5.74) is 4.69. The van der Waals surface area contributed by atoms with Crippen molar-refractivity contribution in [2.45, 2.75) is 13.3 Å². The van der Waals surface area contributed by atoms with Gasteiger partial charge in [-0.2, -0.15) is 5.10 Å². The van der Waals surface area contributed by atoms with Gasteiger partial charge in [0.15, 0.2) is 0 Å². The molecule has 2 rings (SSSR count). The normalized spacial score (nSPS) is 10.7. The average molecular weight is 319 g/mol. The molecule has 0 spiro atoms. The first-order valence-corrected chi connectivity index (χ1v) is 7.46. The van der Waals surface area contributed by atoms with Crippen molar-refractivity contribution in [3.8, 4) is 11.5 Å². The summed E-state index contributed by atoms with van der Waals surface area (Å²) in [4.78, 5) is 0. The largest absolute Gasteiger partial charge is 0.495 e. The van der Waals surface area contributed by atoms with Crippen molar-refractivity contribution < 1.29 is 9.47 Å². The van der Waals surface area contributed by atoms with E-state index in [1.807, 2.05) is 30.3 Å². The van der Waals surface area contributed by atoms with Crippen LogP contribution >= 0.6 is 11.6 Å². The monoisotopic (exact) mass is 318 g/mol. The van der Waals surface area contributed by atoms with Gasteiger partial charge in [-0.1, -0.05) is 30.7 Å².